The van der Waals surface area contributed by atoms with Crippen molar-refractivity contribution in [3.8, 4) is 6.07 Å². The van der Waals surface area contributed by atoms with Gasteiger partial charge in [-0.05, 0) is 24.6 Å². The van der Waals surface area contributed by atoms with Crippen LogP contribution in [0, 0.1) is 17.1 Å². The van der Waals surface area contributed by atoms with Crippen LogP contribution in [0.25, 0.3) is 0 Å². The minimum atomic E-state index is -0.795. The molecule has 18 heavy (non-hydrogen) atoms. The van der Waals surface area contributed by atoms with Gasteiger partial charge in [-0.15, -0.1) is 0 Å². The van der Waals surface area contributed by atoms with E-state index in [0.29, 0.717) is 17.5 Å². The van der Waals surface area contributed by atoms with Crippen LogP contribution in [0.5, 0.6) is 0 Å². The fourth-order valence-corrected chi connectivity index (χ4v) is 2.11. The summed E-state index contributed by atoms with van der Waals surface area (Å²) in [6, 6.07) is 6.29. The van der Waals surface area contributed by atoms with E-state index in [0.717, 1.165) is 0 Å². The summed E-state index contributed by atoms with van der Waals surface area (Å²) in [5, 5.41) is 9.02. The van der Waals surface area contributed by atoms with Crippen LogP contribution in [-0.2, 0) is 9.47 Å². The Balaban J connectivity index is 2.24. The van der Waals surface area contributed by atoms with E-state index >= 15 is 0 Å². The van der Waals surface area contributed by atoms with E-state index in [1.54, 1.807) is 13.0 Å². The molecule has 0 heterocycles. The minimum Gasteiger partial charge on any atom is -0.435 e. The highest BCUT2D eigenvalue weighted by Gasteiger charge is 2.34. The van der Waals surface area contributed by atoms with Gasteiger partial charge in [-0.1, -0.05) is 6.07 Å². The number of halogens is 1. The Morgan fingerprint density at radius 1 is 1.56 bits per heavy atom. The maximum atomic E-state index is 13.2. The molecule has 5 heteroatoms. The molecule has 0 saturated heterocycles. The van der Waals surface area contributed by atoms with Gasteiger partial charge in [-0.2, -0.15) is 5.26 Å². The SMILES string of the molecule is CCOC(=O)OC1CC(C#N)c2ccc(F)cc21. The van der Waals surface area contributed by atoms with Gasteiger partial charge >= 0.3 is 6.16 Å². The molecule has 0 fully saturated rings. The number of ether oxygens (including phenoxy) is 2. The van der Waals surface area contributed by atoms with Gasteiger partial charge in [-0.25, -0.2) is 9.18 Å². The predicted octanol–water partition coefficient (Wildman–Crippen LogP) is 3.05. The maximum absolute atomic E-state index is 13.2. The second-order valence-electron chi connectivity index (χ2n) is 3.98. The van der Waals surface area contributed by atoms with Crippen LogP contribution < -0.4 is 0 Å². The van der Waals surface area contributed by atoms with Crippen molar-refractivity contribution in [2.24, 2.45) is 0 Å². The zero-order valence-corrected chi connectivity index (χ0v) is 9.85. The van der Waals surface area contributed by atoms with E-state index in [2.05, 4.69) is 10.8 Å². The van der Waals surface area contributed by atoms with Gasteiger partial charge in [0.15, 0.2) is 0 Å². The van der Waals surface area contributed by atoms with Crippen molar-refractivity contribution in [3.05, 3.63) is 35.1 Å². The normalized spacial score (nSPS) is 20.9. The molecule has 0 amide bonds. The summed E-state index contributed by atoms with van der Waals surface area (Å²) in [7, 11) is 0. The number of hydrogen-bond acceptors (Lipinski definition) is 4. The van der Waals surface area contributed by atoms with Crippen LogP contribution in [0.4, 0.5) is 9.18 Å². The van der Waals surface area contributed by atoms with E-state index in [-0.39, 0.29) is 12.5 Å². The average Bonchev–Trinajstić information content (AvgIpc) is 2.67. The van der Waals surface area contributed by atoms with Crippen LogP contribution >= 0.6 is 0 Å². The number of carbonyl (C=O) groups is 1. The lowest BCUT2D eigenvalue weighted by atomic mass is 10.0. The number of carbonyl (C=O) groups excluding carboxylic acids is 1. The third kappa shape index (κ3) is 2.28. The highest BCUT2D eigenvalue weighted by atomic mass is 19.1. The molecular weight excluding hydrogens is 237 g/mol. The molecule has 0 aromatic heterocycles. The fraction of sp³-hybridized carbons (Fsp3) is 0.385. The summed E-state index contributed by atoms with van der Waals surface area (Å²) in [4.78, 5) is 11.3. The second kappa shape index (κ2) is 5.05. The molecule has 2 unspecified atom stereocenters. The van der Waals surface area contributed by atoms with Crippen molar-refractivity contribution in [1.29, 1.82) is 5.26 Å². The van der Waals surface area contributed by atoms with Crippen LogP contribution in [0.2, 0.25) is 0 Å². The van der Waals surface area contributed by atoms with Crippen LogP contribution in [0.1, 0.15) is 36.5 Å². The maximum Gasteiger partial charge on any atom is 0.508 e. The monoisotopic (exact) mass is 249 g/mol. The molecule has 4 nitrogen and oxygen atoms in total. The standard InChI is InChI=1S/C13H12FNO3/c1-2-17-13(16)18-12-5-8(7-15)10-4-3-9(14)6-11(10)12/h3-4,6,8,12H,2,5H2,1H3. The predicted molar refractivity (Wildman–Crippen MR) is 60.2 cm³/mol. The van der Waals surface area contributed by atoms with Crippen molar-refractivity contribution < 1.29 is 18.7 Å². The van der Waals surface area contributed by atoms with Gasteiger partial charge < -0.3 is 9.47 Å². The number of hydrogen-bond donors (Lipinski definition) is 0. The molecule has 94 valence electrons. The minimum absolute atomic E-state index is 0.212. The summed E-state index contributed by atoms with van der Waals surface area (Å²) >= 11 is 0. The van der Waals surface area contributed by atoms with Gasteiger partial charge in [0.2, 0.25) is 0 Å². The zero-order chi connectivity index (χ0) is 13.1. The van der Waals surface area contributed by atoms with Crippen molar-refractivity contribution in [3.63, 3.8) is 0 Å². The largest absolute Gasteiger partial charge is 0.508 e. The lowest BCUT2D eigenvalue weighted by Gasteiger charge is -2.12. The second-order valence-corrected chi connectivity index (χ2v) is 3.98. The molecule has 2 rings (SSSR count). The Morgan fingerprint density at radius 3 is 3.00 bits per heavy atom. The summed E-state index contributed by atoms with van der Waals surface area (Å²) in [6.07, 6.45) is -1.07. The molecule has 0 saturated carbocycles. The highest BCUT2D eigenvalue weighted by molar-refractivity contribution is 5.61. The molecule has 2 atom stereocenters. The molecular formula is C13H12FNO3. The Labute approximate surface area is 104 Å². The fourth-order valence-electron chi connectivity index (χ4n) is 2.11. The van der Waals surface area contributed by atoms with E-state index in [1.165, 1.54) is 12.1 Å². The number of nitriles is 1. The van der Waals surface area contributed by atoms with Crippen molar-refractivity contribution in [1.82, 2.24) is 0 Å². The summed E-state index contributed by atoms with van der Waals surface area (Å²) in [5.74, 6) is -0.787. The molecule has 1 aliphatic rings. The molecule has 0 aliphatic heterocycles. The van der Waals surface area contributed by atoms with Crippen LogP contribution in [0.15, 0.2) is 18.2 Å². The molecule has 1 aromatic carbocycles. The lowest BCUT2D eigenvalue weighted by Crippen LogP contribution is -2.11. The Bertz CT molecular complexity index is 509. The van der Waals surface area contributed by atoms with Gasteiger partial charge in [-0.3, -0.25) is 0 Å². The average molecular weight is 249 g/mol. The third-order valence-electron chi connectivity index (χ3n) is 2.88. The first-order chi connectivity index (χ1) is 8.65. The Hall–Kier alpha value is -2.09. The Morgan fingerprint density at radius 2 is 2.33 bits per heavy atom. The number of nitrogens with zero attached hydrogens (tertiary/aromatic N) is 1. The van der Waals surface area contributed by atoms with E-state index in [1.807, 2.05) is 0 Å². The van der Waals surface area contributed by atoms with E-state index in [9.17, 15) is 9.18 Å². The van der Waals surface area contributed by atoms with E-state index in [4.69, 9.17) is 10.00 Å². The first kappa shape index (κ1) is 12.4. The number of fused-ring (bicyclic) bond motifs is 1. The van der Waals surface area contributed by atoms with Crippen molar-refractivity contribution in [2.75, 3.05) is 6.61 Å². The number of rotatable bonds is 2. The van der Waals surface area contributed by atoms with Gasteiger partial charge in [0.05, 0.1) is 18.6 Å². The quantitative estimate of drug-likeness (QED) is 0.756. The first-order valence-electron chi connectivity index (χ1n) is 5.68. The topological polar surface area (TPSA) is 59.3 Å². The van der Waals surface area contributed by atoms with Gasteiger partial charge in [0.1, 0.15) is 11.9 Å². The van der Waals surface area contributed by atoms with Crippen LogP contribution in [-0.4, -0.2) is 12.8 Å². The van der Waals surface area contributed by atoms with Crippen LogP contribution in [0.3, 0.4) is 0 Å². The lowest BCUT2D eigenvalue weighted by molar-refractivity contribution is 0.0255. The third-order valence-corrected chi connectivity index (χ3v) is 2.88. The summed E-state index contributed by atoms with van der Waals surface area (Å²) < 4.78 is 23.0. The molecule has 0 bridgehead atoms. The van der Waals surface area contributed by atoms with Crippen molar-refractivity contribution in [2.45, 2.75) is 25.4 Å². The number of benzene rings is 1. The van der Waals surface area contributed by atoms with Crippen molar-refractivity contribution >= 4 is 6.16 Å². The smallest absolute Gasteiger partial charge is 0.435 e. The highest BCUT2D eigenvalue weighted by Crippen LogP contribution is 2.42. The zero-order valence-electron chi connectivity index (χ0n) is 9.85. The first-order valence-corrected chi connectivity index (χ1v) is 5.68. The molecule has 1 aromatic rings. The molecule has 0 radical (unpaired) electrons. The molecule has 0 N–H and O–H groups in total. The summed E-state index contributed by atoms with van der Waals surface area (Å²) in [5.41, 5.74) is 1.27. The Kier molecular flexibility index (Phi) is 3.47. The molecule has 0 spiro atoms. The van der Waals surface area contributed by atoms with E-state index < -0.39 is 18.1 Å². The van der Waals surface area contributed by atoms with Gasteiger partial charge in [0.25, 0.3) is 0 Å². The molecule has 1 aliphatic carbocycles. The van der Waals surface area contributed by atoms with Gasteiger partial charge in [0, 0.05) is 12.0 Å². The summed E-state index contributed by atoms with van der Waals surface area (Å²) in [6.45, 7) is 1.88.